The standard InChI is InChI=1S/C14H19N3O/c1-10-7-11(2)16-13(12(10)8-15)17-14(3)5-4-6-18-9-14/h7H,4-6,9H2,1-3H3,(H,16,17). The van der Waals surface area contributed by atoms with Crippen LogP contribution in [0.25, 0.3) is 0 Å². The predicted molar refractivity (Wildman–Crippen MR) is 70.5 cm³/mol. The molecule has 0 aromatic carbocycles. The zero-order chi connectivity index (χ0) is 13.2. The molecule has 1 aliphatic rings. The Morgan fingerprint density at radius 3 is 2.89 bits per heavy atom. The minimum absolute atomic E-state index is 0.128. The van der Waals surface area contributed by atoms with Crippen molar-refractivity contribution in [1.29, 1.82) is 5.26 Å². The summed E-state index contributed by atoms with van der Waals surface area (Å²) in [6, 6.07) is 4.17. The molecule has 1 aromatic rings. The molecule has 1 aliphatic heterocycles. The Bertz CT molecular complexity index is 485. The maximum absolute atomic E-state index is 9.24. The molecule has 4 nitrogen and oxygen atoms in total. The van der Waals surface area contributed by atoms with E-state index in [9.17, 15) is 5.26 Å². The molecule has 4 heteroatoms. The molecule has 0 bridgehead atoms. The number of hydrogen-bond donors (Lipinski definition) is 1. The number of rotatable bonds is 2. The number of hydrogen-bond acceptors (Lipinski definition) is 4. The molecule has 1 unspecified atom stereocenters. The van der Waals surface area contributed by atoms with Crippen molar-refractivity contribution in [3.63, 3.8) is 0 Å². The Labute approximate surface area is 108 Å². The van der Waals surface area contributed by atoms with Crippen molar-refractivity contribution in [1.82, 2.24) is 4.98 Å². The second-order valence-electron chi connectivity index (χ2n) is 5.26. The molecular weight excluding hydrogens is 226 g/mol. The molecule has 1 fully saturated rings. The van der Waals surface area contributed by atoms with Gasteiger partial charge in [-0.15, -0.1) is 0 Å². The van der Waals surface area contributed by atoms with Gasteiger partial charge >= 0.3 is 0 Å². The highest BCUT2D eigenvalue weighted by atomic mass is 16.5. The Hall–Kier alpha value is -1.60. The van der Waals surface area contributed by atoms with Gasteiger partial charge in [0.05, 0.1) is 17.7 Å². The lowest BCUT2D eigenvalue weighted by molar-refractivity contribution is 0.0539. The molecule has 2 rings (SSSR count). The number of ether oxygens (including phenoxy) is 1. The summed E-state index contributed by atoms with van der Waals surface area (Å²) < 4.78 is 5.52. The molecular formula is C14H19N3O. The van der Waals surface area contributed by atoms with Gasteiger partial charge in [0.1, 0.15) is 11.9 Å². The van der Waals surface area contributed by atoms with E-state index in [4.69, 9.17) is 4.74 Å². The molecule has 2 heterocycles. The summed E-state index contributed by atoms with van der Waals surface area (Å²) in [5.41, 5.74) is 2.39. The Morgan fingerprint density at radius 1 is 1.50 bits per heavy atom. The second-order valence-corrected chi connectivity index (χ2v) is 5.26. The van der Waals surface area contributed by atoms with Crippen LogP contribution in [0.2, 0.25) is 0 Å². The van der Waals surface area contributed by atoms with Gasteiger partial charge in [0.2, 0.25) is 0 Å². The Balaban J connectivity index is 2.31. The first-order valence-corrected chi connectivity index (χ1v) is 6.28. The van der Waals surface area contributed by atoms with Gasteiger partial charge in [0.15, 0.2) is 0 Å². The van der Waals surface area contributed by atoms with Crippen molar-refractivity contribution in [2.24, 2.45) is 0 Å². The predicted octanol–water partition coefficient (Wildman–Crippen LogP) is 2.55. The van der Waals surface area contributed by atoms with Crippen LogP contribution < -0.4 is 5.32 Å². The number of nitrogens with one attached hydrogen (secondary N) is 1. The monoisotopic (exact) mass is 245 g/mol. The number of anilines is 1. The molecule has 96 valence electrons. The van der Waals surface area contributed by atoms with Crippen molar-refractivity contribution in [3.8, 4) is 6.07 Å². The zero-order valence-electron chi connectivity index (χ0n) is 11.2. The van der Waals surface area contributed by atoms with Crippen molar-refractivity contribution in [2.75, 3.05) is 18.5 Å². The van der Waals surface area contributed by atoms with Gasteiger partial charge in [-0.1, -0.05) is 0 Å². The average Bonchev–Trinajstić information content (AvgIpc) is 2.28. The lowest BCUT2D eigenvalue weighted by Gasteiger charge is -2.35. The van der Waals surface area contributed by atoms with E-state index < -0.39 is 0 Å². The van der Waals surface area contributed by atoms with E-state index in [0.717, 1.165) is 30.7 Å². The first kappa shape index (κ1) is 12.8. The van der Waals surface area contributed by atoms with E-state index in [0.29, 0.717) is 18.0 Å². The maximum Gasteiger partial charge on any atom is 0.144 e. The second kappa shape index (κ2) is 4.95. The molecule has 18 heavy (non-hydrogen) atoms. The third-order valence-electron chi connectivity index (χ3n) is 3.31. The van der Waals surface area contributed by atoms with Crippen LogP contribution in [-0.2, 0) is 4.74 Å². The highest BCUT2D eigenvalue weighted by Crippen LogP contribution is 2.26. The third kappa shape index (κ3) is 2.62. The highest BCUT2D eigenvalue weighted by Gasteiger charge is 2.28. The molecule has 1 atom stereocenters. The van der Waals surface area contributed by atoms with Gasteiger partial charge in [-0.3, -0.25) is 0 Å². The van der Waals surface area contributed by atoms with E-state index in [2.05, 4.69) is 23.3 Å². The molecule has 0 aliphatic carbocycles. The fraction of sp³-hybridized carbons (Fsp3) is 0.571. The number of aryl methyl sites for hydroxylation is 2. The SMILES string of the molecule is Cc1cc(C)c(C#N)c(NC2(C)CCCOC2)n1. The summed E-state index contributed by atoms with van der Waals surface area (Å²) in [6.07, 6.45) is 2.07. The minimum atomic E-state index is -0.128. The average molecular weight is 245 g/mol. The fourth-order valence-electron chi connectivity index (χ4n) is 2.39. The van der Waals surface area contributed by atoms with Crippen LogP contribution in [-0.4, -0.2) is 23.7 Å². The number of aromatic nitrogens is 1. The van der Waals surface area contributed by atoms with Crippen LogP contribution >= 0.6 is 0 Å². The van der Waals surface area contributed by atoms with Crippen LogP contribution in [0.5, 0.6) is 0 Å². The van der Waals surface area contributed by atoms with E-state index in [1.54, 1.807) is 0 Å². The number of nitrogens with zero attached hydrogens (tertiary/aromatic N) is 2. The molecule has 1 N–H and O–H groups in total. The summed E-state index contributed by atoms with van der Waals surface area (Å²) in [5, 5.41) is 12.6. The molecule has 1 aromatic heterocycles. The summed E-state index contributed by atoms with van der Waals surface area (Å²) in [4.78, 5) is 4.45. The van der Waals surface area contributed by atoms with Crippen molar-refractivity contribution in [2.45, 2.75) is 39.2 Å². The molecule has 1 saturated heterocycles. The summed E-state index contributed by atoms with van der Waals surface area (Å²) in [7, 11) is 0. The van der Waals surface area contributed by atoms with E-state index in [1.165, 1.54) is 0 Å². The normalized spacial score (nSPS) is 23.4. The van der Waals surface area contributed by atoms with Gasteiger partial charge in [0, 0.05) is 12.3 Å². The zero-order valence-corrected chi connectivity index (χ0v) is 11.2. The lowest BCUT2D eigenvalue weighted by Crippen LogP contribution is -2.43. The smallest absolute Gasteiger partial charge is 0.144 e. The van der Waals surface area contributed by atoms with Gasteiger partial charge in [-0.2, -0.15) is 5.26 Å². The largest absolute Gasteiger partial charge is 0.379 e. The molecule has 0 radical (unpaired) electrons. The van der Waals surface area contributed by atoms with Gasteiger partial charge < -0.3 is 10.1 Å². The van der Waals surface area contributed by atoms with E-state index in [-0.39, 0.29) is 5.54 Å². The van der Waals surface area contributed by atoms with Crippen molar-refractivity contribution < 1.29 is 4.74 Å². The van der Waals surface area contributed by atoms with Crippen LogP contribution in [0.4, 0.5) is 5.82 Å². The van der Waals surface area contributed by atoms with Gasteiger partial charge in [-0.05, 0) is 45.2 Å². The van der Waals surface area contributed by atoms with E-state index >= 15 is 0 Å². The third-order valence-corrected chi connectivity index (χ3v) is 3.31. The summed E-state index contributed by atoms with van der Waals surface area (Å²) >= 11 is 0. The molecule has 0 amide bonds. The van der Waals surface area contributed by atoms with Gasteiger partial charge in [0.25, 0.3) is 0 Å². The number of pyridine rings is 1. The first-order valence-electron chi connectivity index (χ1n) is 6.28. The first-order chi connectivity index (χ1) is 8.54. The van der Waals surface area contributed by atoms with Crippen molar-refractivity contribution in [3.05, 3.63) is 22.9 Å². The van der Waals surface area contributed by atoms with Crippen molar-refractivity contribution >= 4 is 5.82 Å². The summed E-state index contributed by atoms with van der Waals surface area (Å²) in [5.74, 6) is 0.683. The molecule has 0 saturated carbocycles. The molecule has 0 spiro atoms. The van der Waals surface area contributed by atoms with Crippen LogP contribution in [0.3, 0.4) is 0 Å². The quantitative estimate of drug-likeness (QED) is 0.870. The van der Waals surface area contributed by atoms with E-state index in [1.807, 2.05) is 19.9 Å². The van der Waals surface area contributed by atoms with Crippen LogP contribution in [0.15, 0.2) is 6.07 Å². The lowest BCUT2D eigenvalue weighted by atomic mass is 9.94. The Morgan fingerprint density at radius 2 is 2.28 bits per heavy atom. The van der Waals surface area contributed by atoms with Crippen LogP contribution in [0.1, 0.15) is 36.6 Å². The fourth-order valence-corrected chi connectivity index (χ4v) is 2.39. The summed E-state index contributed by atoms with van der Waals surface area (Å²) in [6.45, 7) is 7.49. The number of nitriles is 1. The topological polar surface area (TPSA) is 57.9 Å². The maximum atomic E-state index is 9.24. The Kier molecular flexibility index (Phi) is 3.53. The highest BCUT2D eigenvalue weighted by molar-refractivity contribution is 5.57. The van der Waals surface area contributed by atoms with Crippen LogP contribution in [0, 0.1) is 25.2 Å². The minimum Gasteiger partial charge on any atom is -0.379 e. The van der Waals surface area contributed by atoms with Gasteiger partial charge in [-0.25, -0.2) is 4.98 Å².